The second-order valence-electron chi connectivity index (χ2n) is 6.76. The van der Waals surface area contributed by atoms with Crippen molar-refractivity contribution in [2.45, 2.75) is 32.4 Å². The number of hydrogen-bond donors (Lipinski definition) is 1. The number of hydrogen-bond acceptors (Lipinski definition) is 5. The number of methoxy groups -OCH3 is 1. The van der Waals surface area contributed by atoms with E-state index in [1.807, 2.05) is 25.1 Å². The van der Waals surface area contributed by atoms with Gasteiger partial charge in [-0.3, -0.25) is 9.20 Å². The average molecular weight is 407 g/mol. The number of nitrogens with zero attached hydrogens (tertiary/aromatic N) is 4. The first-order valence-electron chi connectivity index (χ1n) is 8.90. The van der Waals surface area contributed by atoms with Gasteiger partial charge in [0.1, 0.15) is 6.33 Å². The number of carbonyl (C=O) groups excluding carboxylic acids is 1. The number of carbonyl (C=O) groups is 1. The van der Waals surface area contributed by atoms with Gasteiger partial charge in [-0.2, -0.15) is 13.2 Å². The highest BCUT2D eigenvalue weighted by molar-refractivity contribution is 5.97. The molecule has 10 heteroatoms. The third-order valence-electron chi connectivity index (χ3n) is 4.34. The molecule has 3 heterocycles. The van der Waals surface area contributed by atoms with E-state index in [4.69, 9.17) is 10.5 Å². The number of imidazole rings is 1. The molecule has 1 aliphatic rings. The zero-order chi connectivity index (χ0) is 21.2. The molecule has 2 N–H and O–H groups in total. The van der Waals surface area contributed by atoms with Gasteiger partial charge < -0.3 is 10.5 Å². The maximum atomic E-state index is 11.4. The van der Waals surface area contributed by atoms with Crippen LogP contribution in [0.3, 0.4) is 0 Å². The molecule has 0 unspecified atom stereocenters. The summed E-state index contributed by atoms with van der Waals surface area (Å²) in [5.74, 6) is -0.148. The van der Waals surface area contributed by atoms with Gasteiger partial charge in [0.15, 0.2) is 11.3 Å². The number of aromatic nitrogens is 4. The van der Waals surface area contributed by atoms with Crippen molar-refractivity contribution in [2.75, 3.05) is 7.11 Å². The lowest BCUT2D eigenvalue weighted by atomic mass is 10.2. The Morgan fingerprint density at radius 3 is 2.55 bits per heavy atom. The van der Waals surface area contributed by atoms with Gasteiger partial charge in [-0.25, -0.2) is 15.0 Å². The van der Waals surface area contributed by atoms with Gasteiger partial charge in [0, 0.05) is 18.2 Å². The second kappa shape index (κ2) is 8.06. The van der Waals surface area contributed by atoms with Crippen molar-refractivity contribution in [1.82, 2.24) is 19.4 Å². The highest BCUT2D eigenvalue weighted by Crippen LogP contribution is 2.39. The molecule has 0 atom stereocenters. The summed E-state index contributed by atoms with van der Waals surface area (Å²) in [4.78, 5) is 24.2. The van der Waals surface area contributed by atoms with E-state index in [-0.39, 0.29) is 11.6 Å². The largest absolute Gasteiger partial charge is 0.481 e. The third-order valence-corrected chi connectivity index (χ3v) is 4.34. The van der Waals surface area contributed by atoms with Gasteiger partial charge in [-0.15, -0.1) is 0 Å². The van der Waals surface area contributed by atoms with E-state index in [1.54, 1.807) is 17.6 Å². The van der Waals surface area contributed by atoms with Crippen LogP contribution in [0.1, 0.15) is 35.4 Å². The van der Waals surface area contributed by atoms with Crippen LogP contribution in [-0.2, 0) is 0 Å². The quantitative estimate of drug-likeness (QED) is 0.714. The number of pyridine rings is 1. The highest BCUT2D eigenvalue weighted by atomic mass is 19.4. The molecule has 3 aromatic rings. The van der Waals surface area contributed by atoms with E-state index in [2.05, 4.69) is 15.0 Å². The molecule has 0 bridgehead atoms. The molecular formula is C19H20F3N5O2. The Bertz CT molecular complexity index is 1030. The van der Waals surface area contributed by atoms with Crippen LogP contribution in [0.15, 0.2) is 30.6 Å². The van der Waals surface area contributed by atoms with Crippen LogP contribution >= 0.6 is 0 Å². The molecule has 0 aromatic carbocycles. The number of rotatable bonds is 4. The van der Waals surface area contributed by atoms with Gasteiger partial charge in [0.25, 0.3) is 5.91 Å². The van der Waals surface area contributed by atoms with E-state index in [1.165, 1.54) is 6.33 Å². The molecule has 29 heavy (non-hydrogen) atoms. The number of primary amides is 1. The van der Waals surface area contributed by atoms with E-state index in [0.717, 1.165) is 18.5 Å². The van der Waals surface area contributed by atoms with Crippen molar-refractivity contribution in [3.63, 3.8) is 0 Å². The monoisotopic (exact) mass is 407 g/mol. The minimum atomic E-state index is -3.92. The molecule has 154 valence electrons. The maximum absolute atomic E-state index is 11.4. The summed E-state index contributed by atoms with van der Waals surface area (Å²) >= 11 is 0. The molecule has 0 aliphatic heterocycles. The SMILES string of the molecule is COc1cccc(-c2cc(C)n3cnc(C(N)=O)c3n2)n1.FC(F)(F)CC1CC1. The summed E-state index contributed by atoms with van der Waals surface area (Å²) in [7, 11) is 1.55. The number of halogens is 3. The number of aryl methyl sites for hydroxylation is 1. The van der Waals surface area contributed by atoms with Gasteiger partial charge >= 0.3 is 6.18 Å². The van der Waals surface area contributed by atoms with Crippen molar-refractivity contribution in [3.05, 3.63) is 42.0 Å². The predicted molar refractivity (Wildman–Crippen MR) is 99.4 cm³/mol. The van der Waals surface area contributed by atoms with Crippen LogP contribution in [-0.4, -0.2) is 38.5 Å². The smallest absolute Gasteiger partial charge is 0.389 e. The van der Waals surface area contributed by atoms with Crippen molar-refractivity contribution >= 4 is 11.6 Å². The lowest BCUT2D eigenvalue weighted by Crippen LogP contribution is -2.12. The van der Waals surface area contributed by atoms with Crippen molar-refractivity contribution in [2.24, 2.45) is 11.7 Å². The molecule has 1 aliphatic carbocycles. The van der Waals surface area contributed by atoms with E-state index < -0.39 is 18.5 Å². The average Bonchev–Trinajstić information content (AvgIpc) is 3.34. The van der Waals surface area contributed by atoms with E-state index >= 15 is 0 Å². The summed E-state index contributed by atoms with van der Waals surface area (Å²) in [5.41, 5.74) is 8.03. The number of ether oxygens (including phenoxy) is 1. The molecule has 1 saturated carbocycles. The Morgan fingerprint density at radius 1 is 1.28 bits per heavy atom. The Hall–Kier alpha value is -3.17. The van der Waals surface area contributed by atoms with Crippen LogP contribution in [0.25, 0.3) is 17.0 Å². The minimum Gasteiger partial charge on any atom is -0.481 e. The predicted octanol–water partition coefficient (Wildman–Crippen LogP) is 3.56. The minimum absolute atomic E-state index is 0.0324. The normalized spacial score (nSPS) is 13.7. The first kappa shape index (κ1) is 20.6. The molecule has 3 aromatic heterocycles. The molecular weight excluding hydrogens is 387 g/mol. The van der Waals surface area contributed by atoms with Crippen LogP contribution in [0.4, 0.5) is 13.2 Å². The Balaban J connectivity index is 0.000000252. The fourth-order valence-corrected chi connectivity index (χ4v) is 2.75. The van der Waals surface area contributed by atoms with Crippen LogP contribution in [0.5, 0.6) is 5.88 Å². The van der Waals surface area contributed by atoms with E-state index in [0.29, 0.717) is 22.9 Å². The zero-order valence-corrected chi connectivity index (χ0v) is 15.9. The van der Waals surface area contributed by atoms with Crippen molar-refractivity contribution < 1.29 is 22.7 Å². The first-order chi connectivity index (χ1) is 13.7. The fourth-order valence-electron chi connectivity index (χ4n) is 2.75. The standard InChI is InChI=1S/C14H13N5O2.C5H7F3/c1-8-6-10(9-4-3-5-11(17-9)21-2)18-14-12(13(15)20)16-7-19(8)14;6-5(7,8)3-4-1-2-4/h3-7H,1-2H3,(H2,15,20);4H,1-3H2. The molecule has 0 saturated heterocycles. The number of fused-ring (bicyclic) bond motifs is 1. The molecule has 0 spiro atoms. The van der Waals surface area contributed by atoms with Crippen molar-refractivity contribution in [1.29, 1.82) is 0 Å². The molecule has 4 rings (SSSR count). The third kappa shape index (κ3) is 5.21. The van der Waals surface area contributed by atoms with Gasteiger partial charge in [0.2, 0.25) is 5.88 Å². The number of alkyl halides is 3. The molecule has 1 amide bonds. The Morgan fingerprint density at radius 2 is 2.00 bits per heavy atom. The number of nitrogens with two attached hydrogens (primary N) is 1. The summed E-state index contributed by atoms with van der Waals surface area (Å²) < 4.78 is 40.9. The van der Waals surface area contributed by atoms with E-state index in [9.17, 15) is 18.0 Å². The lowest BCUT2D eigenvalue weighted by Gasteiger charge is -2.06. The highest BCUT2D eigenvalue weighted by Gasteiger charge is 2.36. The van der Waals surface area contributed by atoms with Crippen LogP contribution < -0.4 is 10.5 Å². The topological polar surface area (TPSA) is 95.4 Å². The molecule has 0 radical (unpaired) electrons. The van der Waals surface area contributed by atoms with Crippen LogP contribution in [0, 0.1) is 12.8 Å². The van der Waals surface area contributed by atoms with Crippen molar-refractivity contribution in [3.8, 4) is 17.3 Å². The fraction of sp³-hybridized carbons (Fsp3) is 0.368. The molecule has 1 fully saturated rings. The first-order valence-corrected chi connectivity index (χ1v) is 8.90. The van der Waals surface area contributed by atoms with Gasteiger partial charge in [-0.05, 0) is 37.8 Å². The van der Waals surface area contributed by atoms with Gasteiger partial charge in [-0.1, -0.05) is 6.07 Å². The maximum Gasteiger partial charge on any atom is 0.389 e. The Labute approximate surface area is 164 Å². The molecule has 7 nitrogen and oxygen atoms in total. The Kier molecular flexibility index (Phi) is 5.71. The number of amides is 1. The second-order valence-corrected chi connectivity index (χ2v) is 6.76. The zero-order valence-electron chi connectivity index (χ0n) is 15.9. The summed E-state index contributed by atoms with van der Waals surface area (Å²) in [6.45, 7) is 1.89. The summed E-state index contributed by atoms with van der Waals surface area (Å²) in [5, 5.41) is 0. The summed E-state index contributed by atoms with van der Waals surface area (Å²) in [6, 6.07) is 7.26. The van der Waals surface area contributed by atoms with Gasteiger partial charge in [0.05, 0.1) is 18.5 Å². The lowest BCUT2D eigenvalue weighted by molar-refractivity contribution is -0.138. The van der Waals surface area contributed by atoms with Crippen LogP contribution in [0.2, 0.25) is 0 Å². The summed E-state index contributed by atoms with van der Waals surface area (Å²) in [6.07, 6.45) is -1.40.